The molecule has 3 rings (SSSR count). The Balaban J connectivity index is 2.12. The van der Waals surface area contributed by atoms with Gasteiger partial charge in [0.1, 0.15) is 10.7 Å². The Hall–Kier alpha value is -1.86. The Labute approximate surface area is 132 Å². The Morgan fingerprint density at radius 1 is 1.41 bits per heavy atom. The van der Waals surface area contributed by atoms with Crippen molar-refractivity contribution < 1.29 is 14.3 Å². The molecule has 0 unspecified atom stereocenters. The van der Waals surface area contributed by atoms with Crippen molar-refractivity contribution in [2.75, 3.05) is 37.8 Å². The lowest BCUT2D eigenvalue weighted by molar-refractivity contribution is 0.0508. The van der Waals surface area contributed by atoms with Gasteiger partial charge in [-0.05, 0) is 6.92 Å². The lowest BCUT2D eigenvalue weighted by atomic mass is 10.3. The van der Waals surface area contributed by atoms with Gasteiger partial charge in [-0.25, -0.2) is 14.8 Å². The number of fused-ring (bicyclic) bond motifs is 1. The van der Waals surface area contributed by atoms with Crippen LogP contribution in [0.2, 0.25) is 5.15 Å². The van der Waals surface area contributed by atoms with Crippen LogP contribution in [0.3, 0.4) is 0 Å². The average molecular weight is 325 g/mol. The molecule has 118 valence electrons. The Morgan fingerprint density at radius 3 is 2.82 bits per heavy atom. The van der Waals surface area contributed by atoms with E-state index in [1.807, 2.05) is 0 Å². The summed E-state index contributed by atoms with van der Waals surface area (Å²) in [6, 6.07) is 1.70. The highest BCUT2D eigenvalue weighted by molar-refractivity contribution is 6.30. The molecule has 0 aliphatic carbocycles. The number of carbonyl (C=O) groups excluding carboxylic acids is 1. The second-order valence-corrected chi connectivity index (χ2v) is 5.34. The molecule has 1 saturated heterocycles. The summed E-state index contributed by atoms with van der Waals surface area (Å²) in [4.78, 5) is 22.9. The number of esters is 1. The van der Waals surface area contributed by atoms with Gasteiger partial charge in [0.2, 0.25) is 5.82 Å². The van der Waals surface area contributed by atoms with Crippen molar-refractivity contribution >= 4 is 34.4 Å². The van der Waals surface area contributed by atoms with Crippen molar-refractivity contribution in [3.8, 4) is 0 Å². The number of aryl methyl sites for hydroxylation is 1. The quantitative estimate of drug-likeness (QED) is 0.631. The van der Waals surface area contributed by atoms with Gasteiger partial charge in [0.15, 0.2) is 5.82 Å². The fourth-order valence-electron chi connectivity index (χ4n) is 2.51. The van der Waals surface area contributed by atoms with E-state index in [1.165, 1.54) is 0 Å². The molecule has 22 heavy (non-hydrogen) atoms. The molecule has 1 fully saturated rings. The van der Waals surface area contributed by atoms with Gasteiger partial charge in [0.25, 0.3) is 0 Å². The number of carbonyl (C=O) groups is 1. The van der Waals surface area contributed by atoms with Gasteiger partial charge in [-0.2, -0.15) is 0 Å². The predicted octanol–water partition coefficient (Wildman–Crippen LogP) is 1.63. The molecule has 0 bridgehead atoms. The number of anilines is 1. The Morgan fingerprint density at radius 2 is 2.14 bits per heavy atom. The van der Waals surface area contributed by atoms with Gasteiger partial charge in [-0.3, -0.25) is 0 Å². The maximum atomic E-state index is 12.0. The minimum Gasteiger partial charge on any atom is -0.460 e. The second kappa shape index (κ2) is 6.10. The molecule has 1 aliphatic rings. The van der Waals surface area contributed by atoms with E-state index < -0.39 is 5.97 Å². The minimum absolute atomic E-state index is 0.246. The molecule has 3 heterocycles. The molecule has 8 heteroatoms. The van der Waals surface area contributed by atoms with Gasteiger partial charge in [0, 0.05) is 26.2 Å². The molecular weight excluding hydrogens is 308 g/mol. The number of rotatable bonds is 3. The summed E-state index contributed by atoms with van der Waals surface area (Å²) in [6.07, 6.45) is 0. The van der Waals surface area contributed by atoms with E-state index in [0.717, 1.165) is 5.52 Å². The van der Waals surface area contributed by atoms with E-state index in [1.54, 1.807) is 24.6 Å². The average Bonchev–Trinajstić information content (AvgIpc) is 2.85. The molecule has 2 aromatic heterocycles. The first-order chi connectivity index (χ1) is 10.6. The smallest absolute Gasteiger partial charge is 0.374 e. The van der Waals surface area contributed by atoms with Crippen molar-refractivity contribution in [2.24, 2.45) is 7.05 Å². The van der Waals surface area contributed by atoms with E-state index in [2.05, 4.69) is 14.9 Å². The van der Waals surface area contributed by atoms with Crippen LogP contribution in [0.1, 0.15) is 17.5 Å². The molecule has 1 aliphatic heterocycles. The number of hydrogen-bond donors (Lipinski definition) is 0. The highest BCUT2D eigenvalue weighted by atomic mass is 35.5. The summed E-state index contributed by atoms with van der Waals surface area (Å²) >= 11 is 6.14. The fraction of sp³-hybridized carbons (Fsp3) is 0.500. The summed E-state index contributed by atoms with van der Waals surface area (Å²) in [5.74, 6) is 0.470. The number of imidazole rings is 1. The summed E-state index contributed by atoms with van der Waals surface area (Å²) < 4.78 is 12.1. The van der Waals surface area contributed by atoms with Crippen molar-refractivity contribution in [2.45, 2.75) is 6.92 Å². The Bertz CT molecular complexity index is 710. The molecule has 0 aromatic carbocycles. The first-order valence-electron chi connectivity index (χ1n) is 7.14. The van der Waals surface area contributed by atoms with Gasteiger partial charge in [-0.1, -0.05) is 11.6 Å². The van der Waals surface area contributed by atoms with Crippen LogP contribution in [0.25, 0.3) is 11.0 Å². The molecular formula is C14H17ClN4O3. The van der Waals surface area contributed by atoms with Gasteiger partial charge in [0.05, 0.1) is 25.3 Å². The third kappa shape index (κ3) is 2.62. The third-order valence-corrected chi connectivity index (χ3v) is 3.78. The minimum atomic E-state index is -0.453. The molecule has 0 amide bonds. The van der Waals surface area contributed by atoms with Crippen molar-refractivity contribution in [3.63, 3.8) is 0 Å². The molecule has 0 spiro atoms. The third-order valence-electron chi connectivity index (χ3n) is 3.59. The molecule has 2 aromatic rings. The summed E-state index contributed by atoms with van der Waals surface area (Å²) in [7, 11) is 1.76. The highest BCUT2D eigenvalue weighted by Crippen LogP contribution is 2.28. The van der Waals surface area contributed by atoms with Crippen LogP contribution in [0.15, 0.2) is 6.07 Å². The fourth-order valence-corrected chi connectivity index (χ4v) is 2.70. The predicted molar refractivity (Wildman–Crippen MR) is 82.5 cm³/mol. The normalized spacial score (nSPS) is 15.3. The number of morpholine rings is 1. The van der Waals surface area contributed by atoms with Crippen molar-refractivity contribution in [1.29, 1.82) is 0 Å². The topological polar surface area (TPSA) is 69.5 Å². The number of ether oxygens (including phenoxy) is 2. The molecule has 0 radical (unpaired) electrons. The summed E-state index contributed by atoms with van der Waals surface area (Å²) in [5, 5.41) is 0.368. The van der Waals surface area contributed by atoms with Crippen LogP contribution in [-0.2, 0) is 16.5 Å². The molecule has 0 N–H and O–H groups in total. The maximum absolute atomic E-state index is 12.0. The lowest BCUT2D eigenvalue weighted by Crippen LogP contribution is -2.37. The summed E-state index contributed by atoms with van der Waals surface area (Å²) in [5.41, 5.74) is 1.40. The maximum Gasteiger partial charge on any atom is 0.374 e. The first kappa shape index (κ1) is 15.1. The number of pyridine rings is 1. The van der Waals surface area contributed by atoms with E-state index in [4.69, 9.17) is 21.1 Å². The zero-order valence-electron chi connectivity index (χ0n) is 12.5. The van der Waals surface area contributed by atoms with E-state index in [0.29, 0.717) is 49.4 Å². The van der Waals surface area contributed by atoms with Crippen molar-refractivity contribution in [1.82, 2.24) is 14.5 Å². The summed E-state index contributed by atoms with van der Waals surface area (Å²) in [6.45, 7) is 4.76. The largest absolute Gasteiger partial charge is 0.460 e. The molecule has 0 atom stereocenters. The van der Waals surface area contributed by atoms with E-state index in [9.17, 15) is 4.79 Å². The van der Waals surface area contributed by atoms with Gasteiger partial charge >= 0.3 is 5.97 Å². The number of nitrogens with zero attached hydrogens (tertiary/aromatic N) is 4. The first-order valence-corrected chi connectivity index (χ1v) is 7.52. The van der Waals surface area contributed by atoms with Crippen LogP contribution >= 0.6 is 11.6 Å². The number of aromatic nitrogens is 3. The van der Waals surface area contributed by atoms with Crippen molar-refractivity contribution in [3.05, 3.63) is 17.0 Å². The van der Waals surface area contributed by atoms with Crippen LogP contribution < -0.4 is 4.90 Å². The van der Waals surface area contributed by atoms with E-state index >= 15 is 0 Å². The van der Waals surface area contributed by atoms with Crippen LogP contribution in [0.5, 0.6) is 0 Å². The monoisotopic (exact) mass is 324 g/mol. The second-order valence-electron chi connectivity index (χ2n) is 4.95. The standard InChI is InChI=1S/C14H17ClN4O3/c1-3-22-14(20)13-17-11-9(18(13)2)8-10(15)16-12(11)19-4-6-21-7-5-19/h8H,3-7H2,1-2H3. The Kier molecular flexibility index (Phi) is 4.17. The van der Waals surface area contributed by atoms with Crippen LogP contribution in [-0.4, -0.2) is 53.4 Å². The molecule has 7 nitrogen and oxygen atoms in total. The zero-order chi connectivity index (χ0) is 15.7. The van der Waals surface area contributed by atoms with E-state index in [-0.39, 0.29) is 5.82 Å². The number of halogens is 1. The lowest BCUT2D eigenvalue weighted by Gasteiger charge is -2.28. The molecule has 0 saturated carbocycles. The highest BCUT2D eigenvalue weighted by Gasteiger charge is 2.23. The van der Waals surface area contributed by atoms with Gasteiger partial charge in [-0.15, -0.1) is 0 Å². The number of hydrogen-bond acceptors (Lipinski definition) is 6. The SMILES string of the molecule is CCOC(=O)c1nc2c(N3CCOCC3)nc(Cl)cc2n1C. The van der Waals surface area contributed by atoms with Gasteiger partial charge < -0.3 is 18.9 Å². The zero-order valence-corrected chi connectivity index (χ0v) is 13.3. The van der Waals surface area contributed by atoms with Crippen LogP contribution in [0, 0.1) is 0 Å². The van der Waals surface area contributed by atoms with Crippen LogP contribution in [0.4, 0.5) is 5.82 Å².